The van der Waals surface area contributed by atoms with Gasteiger partial charge in [-0.1, -0.05) is 25.4 Å². The zero-order valence-corrected chi connectivity index (χ0v) is 14.5. The van der Waals surface area contributed by atoms with Gasteiger partial charge in [0, 0.05) is 23.0 Å². The molecule has 4 N–H and O–H groups in total. The lowest BCUT2D eigenvalue weighted by atomic mass is 9.87. The summed E-state index contributed by atoms with van der Waals surface area (Å²) in [5.74, 6) is -2.02. The molecule has 0 fully saturated rings. The summed E-state index contributed by atoms with van der Waals surface area (Å²) in [6.45, 7) is 4.38. The fourth-order valence-corrected chi connectivity index (χ4v) is 1.99. The lowest BCUT2D eigenvalue weighted by Crippen LogP contribution is -2.49. The normalized spacial score (nSPS) is 14.0. The number of benzene rings is 1. The standard InChI is InChI=1S/C16H22ClFN2O4/c1-9(7-19-15(24)13(22)16(2,3)8-21)20-14(23)11-6-10(17)4-5-12(11)18/h4-6,9,13,21-22H,7-8H2,1-3H3,(H,19,24)(H,20,23)/t9-,13?/m0/s1. The van der Waals surface area contributed by atoms with E-state index in [1.54, 1.807) is 20.8 Å². The first-order chi connectivity index (χ1) is 11.1. The van der Waals surface area contributed by atoms with Crippen molar-refractivity contribution in [2.75, 3.05) is 13.2 Å². The van der Waals surface area contributed by atoms with E-state index in [0.717, 1.165) is 6.07 Å². The second kappa shape index (κ2) is 8.41. The van der Waals surface area contributed by atoms with E-state index in [1.165, 1.54) is 12.1 Å². The second-order valence-electron chi connectivity index (χ2n) is 6.29. The van der Waals surface area contributed by atoms with Gasteiger partial charge in [0.1, 0.15) is 11.9 Å². The highest BCUT2D eigenvalue weighted by atomic mass is 35.5. The van der Waals surface area contributed by atoms with Crippen LogP contribution in [0.5, 0.6) is 0 Å². The summed E-state index contributed by atoms with van der Waals surface area (Å²) in [4.78, 5) is 23.9. The first-order valence-corrected chi connectivity index (χ1v) is 7.79. The van der Waals surface area contributed by atoms with Crippen LogP contribution in [0.2, 0.25) is 5.02 Å². The molecule has 0 aliphatic rings. The maximum atomic E-state index is 13.6. The largest absolute Gasteiger partial charge is 0.396 e. The van der Waals surface area contributed by atoms with Crippen LogP contribution in [0.4, 0.5) is 4.39 Å². The molecule has 0 aromatic heterocycles. The van der Waals surface area contributed by atoms with E-state index in [-0.39, 0.29) is 23.7 Å². The van der Waals surface area contributed by atoms with Crippen LogP contribution in [0.1, 0.15) is 31.1 Å². The Morgan fingerprint density at radius 3 is 2.58 bits per heavy atom. The molecule has 0 saturated carbocycles. The van der Waals surface area contributed by atoms with Crippen molar-refractivity contribution in [2.45, 2.75) is 32.9 Å². The van der Waals surface area contributed by atoms with E-state index in [4.69, 9.17) is 16.7 Å². The van der Waals surface area contributed by atoms with Crippen molar-refractivity contribution >= 4 is 23.4 Å². The summed E-state index contributed by atoms with van der Waals surface area (Å²) in [5, 5.41) is 24.2. The SMILES string of the molecule is C[C@@H](CNC(=O)C(O)C(C)(C)CO)NC(=O)c1cc(Cl)ccc1F. The summed E-state index contributed by atoms with van der Waals surface area (Å²) < 4.78 is 13.6. The molecule has 6 nitrogen and oxygen atoms in total. The molecule has 0 aliphatic heterocycles. The number of carbonyl (C=O) groups is 2. The first kappa shape index (κ1) is 20.3. The van der Waals surface area contributed by atoms with Crippen LogP contribution in [0, 0.1) is 11.2 Å². The van der Waals surface area contributed by atoms with Crippen LogP contribution in [0.3, 0.4) is 0 Å². The summed E-state index contributed by atoms with van der Waals surface area (Å²) in [5.41, 5.74) is -1.18. The molecule has 1 rings (SSSR count). The zero-order chi connectivity index (χ0) is 18.5. The van der Waals surface area contributed by atoms with Crippen molar-refractivity contribution in [3.63, 3.8) is 0 Å². The van der Waals surface area contributed by atoms with Gasteiger partial charge in [-0.3, -0.25) is 9.59 Å². The number of aliphatic hydroxyl groups excluding tert-OH is 2. The average molecular weight is 361 g/mol. The van der Waals surface area contributed by atoms with Crippen molar-refractivity contribution in [3.05, 3.63) is 34.6 Å². The Hall–Kier alpha value is -1.70. The fourth-order valence-electron chi connectivity index (χ4n) is 1.82. The molecular formula is C16H22ClFN2O4. The second-order valence-corrected chi connectivity index (χ2v) is 6.73. The Labute approximate surface area is 145 Å². The predicted molar refractivity (Wildman–Crippen MR) is 88.2 cm³/mol. The van der Waals surface area contributed by atoms with Crippen LogP contribution in [-0.4, -0.2) is 47.3 Å². The predicted octanol–water partition coefficient (Wildman–Crippen LogP) is 1.09. The summed E-state index contributed by atoms with van der Waals surface area (Å²) in [6, 6.07) is 3.13. The van der Waals surface area contributed by atoms with Gasteiger partial charge < -0.3 is 20.8 Å². The molecule has 8 heteroatoms. The summed E-state index contributed by atoms with van der Waals surface area (Å²) in [6.07, 6.45) is -1.39. The van der Waals surface area contributed by atoms with Crippen LogP contribution < -0.4 is 10.6 Å². The van der Waals surface area contributed by atoms with Gasteiger partial charge in [0.2, 0.25) is 5.91 Å². The molecular weight excluding hydrogens is 339 g/mol. The quantitative estimate of drug-likeness (QED) is 0.585. The van der Waals surface area contributed by atoms with Gasteiger partial charge in [-0.25, -0.2) is 4.39 Å². The number of rotatable bonds is 7. The molecule has 0 spiro atoms. The van der Waals surface area contributed by atoms with E-state index < -0.39 is 35.2 Å². The molecule has 2 amide bonds. The molecule has 1 aromatic carbocycles. The van der Waals surface area contributed by atoms with Crippen molar-refractivity contribution in [3.8, 4) is 0 Å². The molecule has 0 bridgehead atoms. The molecule has 2 atom stereocenters. The van der Waals surface area contributed by atoms with Crippen LogP contribution >= 0.6 is 11.6 Å². The average Bonchev–Trinajstić information content (AvgIpc) is 2.53. The lowest BCUT2D eigenvalue weighted by molar-refractivity contribution is -0.137. The van der Waals surface area contributed by atoms with Gasteiger partial charge >= 0.3 is 0 Å². The smallest absolute Gasteiger partial charge is 0.254 e. The lowest BCUT2D eigenvalue weighted by Gasteiger charge is -2.27. The molecule has 0 saturated heterocycles. The highest BCUT2D eigenvalue weighted by molar-refractivity contribution is 6.31. The number of hydrogen-bond donors (Lipinski definition) is 4. The number of carbonyl (C=O) groups excluding carboxylic acids is 2. The minimum absolute atomic E-state index is 0.0331. The van der Waals surface area contributed by atoms with E-state index in [1.807, 2.05) is 0 Å². The minimum atomic E-state index is -1.39. The Bertz CT molecular complexity index is 610. The Balaban J connectivity index is 2.57. The van der Waals surface area contributed by atoms with E-state index in [0.29, 0.717) is 0 Å². The van der Waals surface area contributed by atoms with Crippen LogP contribution in [0.15, 0.2) is 18.2 Å². The van der Waals surface area contributed by atoms with E-state index in [9.17, 15) is 19.1 Å². The third-order valence-electron chi connectivity index (χ3n) is 3.53. The number of halogens is 2. The molecule has 0 radical (unpaired) electrons. The van der Waals surface area contributed by atoms with Gasteiger partial charge in [-0.05, 0) is 25.1 Å². The summed E-state index contributed by atoms with van der Waals surface area (Å²) in [7, 11) is 0. The van der Waals surface area contributed by atoms with E-state index in [2.05, 4.69) is 10.6 Å². The monoisotopic (exact) mass is 360 g/mol. The molecule has 0 aliphatic carbocycles. The number of aliphatic hydroxyl groups is 2. The van der Waals surface area contributed by atoms with Crippen molar-refractivity contribution < 1.29 is 24.2 Å². The molecule has 134 valence electrons. The van der Waals surface area contributed by atoms with Gasteiger partial charge in [0.15, 0.2) is 0 Å². The maximum absolute atomic E-state index is 13.6. The Morgan fingerprint density at radius 1 is 1.38 bits per heavy atom. The highest BCUT2D eigenvalue weighted by Crippen LogP contribution is 2.19. The van der Waals surface area contributed by atoms with Gasteiger partial charge in [-0.2, -0.15) is 0 Å². The Morgan fingerprint density at radius 2 is 2.00 bits per heavy atom. The molecule has 24 heavy (non-hydrogen) atoms. The minimum Gasteiger partial charge on any atom is -0.396 e. The third kappa shape index (κ3) is 5.43. The maximum Gasteiger partial charge on any atom is 0.254 e. The zero-order valence-electron chi connectivity index (χ0n) is 13.8. The topological polar surface area (TPSA) is 98.7 Å². The molecule has 1 unspecified atom stereocenters. The van der Waals surface area contributed by atoms with Crippen LogP contribution in [0.25, 0.3) is 0 Å². The van der Waals surface area contributed by atoms with Crippen molar-refractivity contribution in [1.82, 2.24) is 10.6 Å². The van der Waals surface area contributed by atoms with Gasteiger partial charge in [-0.15, -0.1) is 0 Å². The number of amides is 2. The Kier molecular flexibility index (Phi) is 7.13. The van der Waals surface area contributed by atoms with E-state index >= 15 is 0 Å². The molecule has 1 aromatic rings. The van der Waals surface area contributed by atoms with Crippen LogP contribution in [-0.2, 0) is 4.79 Å². The highest BCUT2D eigenvalue weighted by Gasteiger charge is 2.33. The number of nitrogens with one attached hydrogen (secondary N) is 2. The summed E-state index contributed by atoms with van der Waals surface area (Å²) >= 11 is 5.74. The third-order valence-corrected chi connectivity index (χ3v) is 3.76. The number of hydrogen-bond acceptors (Lipinski definition) is 4. The first-order valence-electron chi connectivity index (χ1n) is 7.41. The van der Waals surface area contributed by atoms with Gasteiger partial charge in [0.25, 0.3) is 5.91 Å². The molecule has 0 heterocycles. The van der Waals surface area contributed by atoms with Crippen molar-refractivity contribution in [2.24, 2.45) is 5.41 Å². The fraction of sp³-hybridized carbons (Fsp3) is 0.500. The van der Waals surface area contributed by atoms with Crippen molar-refractivity contribution in [1.29, 1.82) is 0 Å². The van der Waals surface area contributed by atoms with Gasteiger partial charge in [0.05, 0.1) is 12.2 Å².